The maximum atomic E-state index is 10.7. The van der Waals surface area contributed by atoms with Crippen molar-refractivity contribution in [2.45, 2.75) is 25.8 Å². The normalized spacial score (nSPS) is 16.9. The monoisotopic (exact) mass is 276 g/mol. The lowest BCUT2D eigenvalue weighted by Gasteiger charge is -2.32. The van der Waals surface area contributed by atoms with E-state index in [0.29, 0.717) is 6.04 Å². The molecular weight excluding hydrogens is 256 g/mol. The highest BCUT2D eigenvalue weighted by Crippen LogP contribution is 2.21. The number of pyridine rings is 1. The van der Waals surface area contributed by atoms with Gasteiger partial charge < -0.3 is 5.32 Å². The maximum absolute atomic E-state index is 10.7. The van der Waals surface area contributed by atoms with Gasteiger partial charge in [-0.25, -0.2) is 4.98 Å². The molecule has 0 bridgehead atoms. The third-order valence-electron chi connectivity index (χ3n) is 3.59. The Morgan fingerprint density at radius 2 is 2.30 bits per heavy atom. The minimum atomic E-state index is -0.419. The van der Waals surface area contributed by atoms with Crippen LogP contribution in [0.1, 0.15) is 18.4 Å². The second kappa shape index (κ2) is 6.47. The second-order valence-corrected chi connectivity index (χ2v) is 5.12. The van der Waals surface area contributed by atoms with E-state index in [4.69, 9.17) is 0 Å². The van der Waals surface area contributed by atoms with Gasteiger partial charge in [-0.05, 0) is 25.3 Å². The number of nitrogens with zero attached hydrogens (tertiary/aromatic N) is 3. The predicted molar refractivity (Wildman–Crippen MR) is 78.9 cm³/mol. The van der Waals surface area contributed by atoms with Crippen molar-refractivity contribution in [3.8, 4) is 0 Å². The van der Waals surface area contributed by atoms with Gasteiger partial charge in [0.15, 0.2) is 0 Å². The molecule has 1 saturated heterocycles. The van der Waals surface area contributed by atoms with Crippen LogP contribution in [-0.4, -0.2) is 40.5 Å². The van der Waals surface area contributed by atoms with Gasteiger partial charge in [0.25, 0.3) is 5.69 Å². The molecule has 108 valence electrons. The molecular formula is C14H20N4O2. The summed E-state index contributed by atoms with van der Waals surface area (Å²) in [6, 6.07) is 1.94. The van der Waals surface area contributed by atoms with E-state index in [1.54, 1.807) is 6.07 Å². The summed E-state index contributed by atoms with van der Waals surface area (Å²) in [6.45, 7) is 8.60. The average Bonchev–Trinajstić information content (AvgIpc) is 2.43. The summed E-state index contributed by atoms with van der Waals surface area (Å²) in [5, 5.41) is 14.1. The highest BCUT2D eigenvalue weighted by atomic mass is 16.6. The standard InChI is InChI=1S/C14H20N4O2/c1-3-6-17-7-4-12(5-8-17)16-14-11(2)9-13(10-15-14)18(19)20/h3,9-10,12H,1,4-8H2,2H3,(H,15,16). The van der Waals surface area contributed by atoms with Crippen LogP contribution >= 0.6 is 0 Å². The predicted octanol–water partition coefficient (Wildman–Crippen LogP) is 2.36. The van der Waals surface area contributed by atoms with Crippen molar-refractivity contribution in [1.82, 2.24) is 9.88 Å². The van der Waals surface area contributed by atoms with E-state index in [9.17, 15) is 10.1 Å². The lowest BCUT2D eigenvalue weighted by Crippen LogP contribution is -2.39. The van der Waals surface area contributed by atoms with Gasteiger partial charge in [-0.3, -0.25) is 15.0 Å². The first-order chi connectivity index (χ1) is 9.60. The Morgan fingerprint density at radius 3 is 2.85 bits per heavy atom. The minimum absolute atomic E-state index is 0.0360. The molecule has 0 radical (unpaired) electrons. The molecule has 1 N–H and O–H groups in total. The molecule has 1 aliphatic rings. The molecule has 2 heterocycles. The van der Waals surface area contributed by atoms with E-state index in [-0.39, 0.29) is 5.69 Å². The summed E-state index contributed by atoms with van der Waals surface area (Å²) >= 11 is 0. The van der Waals surface area contributed by atoms with E-state index in [1.807, 2.05) is 13.0 Å². The molecule has 0 unspecified atom stereocenters. The van der Waals surface area contributed by atoms with Gasteiger partial charge in [0.2, 0.25) is 0 Å². The van der Waals surface area contributed by atoms with E-state index in [0.717, 1.165) is 43.9 Å². The lowest BCUT2D eigenvalue weighted by molar-refractivity contribution is -0.385. The Morgan fingerprint density at radius 1 is 1.60 bits per heavy atom. The van der Waals surface area contributed by atoms with E-state index < -0.39 is 4.92 Å². The topological polar surface area (TPSA) is 71.3 Å². The van der Waals surface area contributed by atoms with Gasteiger partial charge in [-0.1, -0.05) is 6.08 Å². The first kappa shape index (κ1) is 14.5. The molecule has 1 fully saturated rings. The Kier molecular flexibility index (Phi) is 4.68. The van der Waals surface area contributed by atoms with Crippen molar-refractivity contribution in [2.75, 3.05) is 25.0 Å². The number of aryl methyl sites for hydroxylation is 1. The quantitative estimate of drug-likeness (QED) is 0.508. The summed E-state index contributed by atoms with van der Waals surface area (Å²) in [6.07, 6.45) is 5.33. The molecule has 1 aromatic heterocycles. The van der Waals surface area contributed by atoms with Gasteiger partial charge in [0, 0.05) is 31.7 Å². The van der Waals surface area contributed by atoms with E-state index in [1.165, 1.54) is 6.20 Å². The smallest absolute Gasteiger partial charge is 0.287 e. The van der Waals surface area contributed by atoms with Crippen LogP contribution in [0.15, 0.2) is 24.9 Å². The van der Waals surface area contributed by atoms with E-state index in [2.05, 4.69) is 21.8 Å². The Balaban J connectivity index is 1.94. The Labute approximate surface area is 118 Å². The molecule has 0 saturated carbocycles. The zero-order chi connectivity index (χ0) is 14.5. The fourth-order valence-electron chi connectivity index (χ4n) is 2.45. The molecule has 6 heteroatoms. The van der Waals surface area contributed by atoms with Crippen LogP contribution in [-0.2, 0) is 0 Å². The average molecular weight is 276 g/mol. The van der Waals surface area contributed by atoms with Gasteiger partial charge in [-0.15, -0.1) is 6.58 Å². The van der Waals surface area contributed by atoms with E-state index >= 15 is 0 Å². The summed E-state index contributed by atoms with van der Waals surface area (Å²) < 4.78 is 0. The molecule has 0 spiro atoms. The Hall–Kier alpha value is -1.95. The number of nitrogens with one attached hydrogen (secondary N) is 1. The number of rotatable bonds is 5. The van der Waals surface area contributed by atoms with Crippen LogP contribution in [0.4, 0.5) is 11.5 Å². The molecule has 20 heavy (non-hydrogen) atoms. The van der Waals surface area contributed by atoms with Crippen molar-refractivity contribution in [2.24, 2.45) is 0 Å². The third-order valence-corrected chi connectivity index (χ3v) is 3.59. The lowest BCUT2D eigenvalue weighted by atomic mass is 10.0. The van der Waals surface area contributed by atoms with Crippen LogP contribution in [0.2, 0.25) is 0 Å². The summed E-state index contributed by atoms with van der Waals surface area (Å²) in [7, 11) is 0. The third kappa shape index (κ3) is 3.54. The van der Waals surface area contributed by atoms with Gasteiger partial charge in [-0.2, -0.15) is 0 Å². The highest BCUT2D eigenvalue weighted by molar-refractivity contribution is 5.48. The number of hydrogen-bond donors (Lipinski definition) is 1. The minimum Gasteiger partial charge on any atom is -0.367 e. The highest BCUT2D eigenvalue weighted by Gasteiger charge is 2.19. The molecule has 6 nitrogen and oxygen atoms in total. The van der Waals surface area contributed by atoms with Crippen molar-refractivity contribution in [3.63, 3.8) is 0 Å². The molecule has 0 atom stereocenters. The number of hydrogen-bond acceptors (Lipinski definition) is 5. The van der Waals surface area contributed by atoms with Crippen molar-refractivity contribution >= 4 is 11.5 Å². The molecule has 2 rings (SSSR count). The van der Waals surface area contributed by atoms with Crippen LogP contribution in [0.3, 0.4) is 0 Å². The number of nitro groups is 1. The molecule has 0 aromatic carbocycles. The van der Waals surface area contributed by atoms with Crippen LogP contribution in [0, 0.1) is 17.0 Å². The van der Waals surface area contributed by atoms with Gasteiger partial charge >= 0.3 is 0 Å². The number of anilines is 1. The molecule has 1 aliphatic heterocycles. The number of aromatic nitrogens is 1. The summed E-state index contributed by atoms with van der Waals surface area (Å²) in [5.74, 6) is 0.748. The van der Waals surface area contributed by atoms with Crippen LogP contribution in [0.5, 0.6) is 0 Å². The van der Waals surface area contributed by atoms with Crippen LogP contribution < -0.4 is 5.32 Å². The number of likely N-dealkylation sites (tertiary alicyclic amines) is 1. The maximum Gasteiger partial charge on any atom is 0.287 e. The van der Waals surface area contributed by atoms with Crippen molar-refractivity contribution < 1.29 is 4.92 Å². The first-order valence-corrected chi connectivity index (χ1v) is 6.81. The zero-order valence-corrected chi connectivity index (χ0v) is 11.7. The van der Waals surface area contributed by atoms with Gasteiger partial charge in [0.05, 0.1) is 4.92 Å². The fraction of sp³-hybridized carbons (Fsp3) is 0.500. The largest absolute Gasteiger partial charge is 0.367 e. The summed E-state index contributed by atoms with van der Waals surface area (Å²) in [4.78, 5) is 16.8. The zero-order valence-electron chi connectivity index (χ0n) is 11.7. The molecule has 0 amide bonds. The second-order valence-electron chi connectivity index (χ2n) is 5.12. The number of piperidine rings is 1. The van der Waals surface area contributed by atoms with Crippen molar-refractivity contribution in [1.29, 1.82) is 0 Å². The first-order valence-electron chi connectivity index (χ1n) is 6.81. The van der Waals surface area contributed by atoms with Crippen molar-refractivity contribution in [3.05, 3.63) is 40.6 Å². The SMILES string of the molecule is C=CCN1CCC(Nc2ncc([N+](=O)[O-])cc2C)CC1. The fourth-order valence-corrected chi connectivity index (χ4v) is 2.45. The van der Waals surface area contributed by atoms with Crippen LogP contribution in [0.25, 0.3) is 0 Å². The van der Waals surface area contributed by atoms with Gasteiger partial charge in [0.1, 0.15) is 12.0 Å². The summed E-state index contributed by atoms with van der Waals surface area (Å²) in [5.41, 5.74) is 0.849. The molecule has 1 aromatic rings. The molecule has 0 aliphatic carbocycles. The Bertz CT molecular complexity index is 496.